The van der Waals surface area contributed by atoms with Crippen LogP contribution in [0, 0.1) is 6.92 Å². The number of anilines is 3. The third kappa shape index (κ3) is 3.63. The summed E-state index contributed by atoms with van der Waals surface area (Å²) in [6.07, 6.45) is 6.30. The second-order valence-corrected chi connectivity index (χ2v) is 9.92. The number of ether oxygens (including phenoxy) is 1. The number of nitrogen functional groups attached to an aromatic ring is 1. The van der Waals surface area contributed by atoms with E-state index in [1.54, 1.807) is 0 Å². The molecule has 3 aliphatic heterocycles. The number of hydrogen-bond donors (Lipinski definition) is 1. The fourth-order valence-electron chi connectivity index (χ4n) is 5.04. The minimum Gasteiger partial charge on any atom is -0.463 e. The number of carbonyl (C=O) groups excluding carboxylic acids is 2. The maximum absolute atomic E-state index is 12.5. The van der Waals surface area contributed by atoms with Gasteiger partial charge in [0, 0.05) is 55.2 Å². The molecule has 1 aromatic carbocycles. The van der Waals surface area contributed by atoms with Crippen molar-refractivity contribution in [3.63, 3.8) is 0 Å². The highest BCUT2D eigenvalue weighted by atomic mass is 32.2. The maximum atomic E-state index is 12.5. The van der Waals surface area contributed by atoms with Crippen LogP contribution in [-0.2, 0) is 20.7 Å². The van der Waals surface area contributed by atoms with Crippen molar-refractivity contribution in [2.24, 2.45) is 0 Å². The number of thioether (sulfide) groups is 1. The first kappa shape index (κ1) is 20.5. The van der Waals surface area contributed by atoms with Gasteiger partial charge in [-0.3, -0.25) is 4.79 Å². The lowest BCUT2D eigenvalue weighted by Gasteiger charge is -2.38. The molecular weight excluding hydrogens is 410 g/mol. The van der Waals surface area contributed by atoms with Crippen LogP contribution in [0.15, 0.2) is 28.3 Å². The van der Waals surface area contributed by atoms with E-state index in [-0.39, 0.29) is 11.8 Å². The summed E-state index contributed by atoms with van der Waals surface area (Å²) in [5, 5.41) is 0. The highest BCUT2D eigenvalue weighted by molar-refractivity contribution is 8.03. The SMILES string of the molecule is CCOC(=O)C1=CN(C2CC2)c2c(cc(N)c(N3CCC4=C(C3)C(=O)CCS4)c2C)C1. The highest BCUT2D eigenvalue weighted by Gasteiger charge is 2.36. The molecule has 0 aromatic heterocycles. The van der Waals surface area contributed by atoms with Crippen LogP contribution in [0.5, 0.6) is 0 Å². The standard InChI is InChI=1S/C24H29N3O3S/c1-3-30-24(29)16-10-15-11-19(25)23(14(2)22(15)27(12-16)17-4-5-17)26-8-6-21-18(13-26)20(28)7-9-31-21/h11-12,17H,3-10,13,25H2,1-2H3. The smallest absolute Gasteiger partial charge is 0.335 e. The van der Waals surface area contributed by atoms with Gasteiger partial charge >= 0.3 is 5.97 Å². The van der Waals surface area contributed by atoms with Crippen LogP contribution in [-0.4, -0.2) is 43.2 Å². The van der Waals surface area contributed by atoms with Crippen LogP contribution in [0.1, 0.15) is 43.7 Å². The minimum absolute atomic E-state index is 0.247. The average Bonchev–Trinajstić information content (AvgIpc) is 3.59. The van der Waals surface area contributed by atoms with E-state index < -0.39 is 0 Å². The summed E-state index contributed by atoms with van der Waals surface area (Å²) in [6.45, 7) is 5.84. The van der Waals surface area contributed by atoms with Crippen molar-refractivity contribution in [3.8, 4) is 0 Å². The number of fused-ring (bicyclic) bond motifs is 1. The first-order valence-electron chi connectivity index (χ1n) is 11.2. The Labute approximate surface area is 187 Å². The van der Waals surface area contributed by atoms with Crippen molar-refractivity contribution in [1.82, 2.24) is 0 Å². The van der Waals surface area contributed by atoms with Gasteiger partial charge in [-0.05, 0) is 55.2 Å². The van der Waals surface area contributed by atoms with Crippen molar-refractivity contribution in [3.05, 3.63) is 39.4 Å². The molecule has 0 radical (unpaired) electrons. The van der Waals surface area contributed by atoms with E-state index in [1.165, 1.54) is 10.6 Å². The predicted octanol–water partition coefficient (Wildman–Crippen LogP) is 3.72. The Balaban J connectivity index is 1.53. The second-order valence-electron chi connectivity index (χ2n) is 8.73. The fraction of sp³-hybridized carbons (Fsp3) is 0.500. The van der Waals surface area contributed by atoms with Gasteiger partial charge in [0.05, 0.1) is 23.6 Å². The average molecular weight is 440 g/mol. The zero-order chi connectivity index (χ0) is 21.7. The molecule has 0 amide bonds. The molecule has 4 aliphatic rings. The molecule has 3 heterocycles. The number of nitrogens with two attached hydrogens (primary N) is 1. The van der Waals surface area contributed by atoms with E-state index in [4.69, 9.17) is 10.5 Å². The van der Waals surface area contributed by atoms with Gasteiger partial charge in [0.15, 0.2) is 5.78 Å². The monoisotopic (exact) mass is 439 g/mol. The summed E-state index contributed by atoms with van der Waals surface area (Å²) >= 11 is 1.84. The van der Waals surface area contributed by atoms with E-state index >= 15 is 0 Å². The first-order chi connectivity index (χ1) is 15.0. The largest absolute Gasteiger partial charge is 0.463 e. The van der Waals surface area contributed by atoms with Crippen LogP contribution >= 0.6 is 11.8 Å². The molecule has 0 atom stereocenters. The summed E-state index contributed by atoms with van der Waals surface area (Å²) in [5.74, 6) is 0.945. The Kier molecular flexibility index (Phi) is 5.24. The first-order valence-corrected chi connectivity index (χ1v) is 12.2. The van der Waals surface area contributed by atoms with Crippen molar-refractivity contribution in [2.45, 2.75) is 52.0 Å². The van der Waals surface area contributed by atoms with Gasteiger partial charge < -0.3 is 20.3 Å². The predicted molar refractivity (Wildman–Crippen MR) is 125 cm³/mol. The zero-order valence-electron chi connectivity index (χ0n) is 18.2. The summed E-state index contributed by atoms with van der Waals surface area (Å²) in [6, 6.07) is 2.45. The molecule has 5 rings (SSSR count). The van der Waals surface area contributed by atoms with Crippen LogP contribution in [0.3, 0.4) is 0 Å². The summed E-state index contributed by atoms with van der Waals surface area (Å²) in [7, 11) is 0. The molecule has 1 aromatic rings. The van der Waals surface area contributed by atoms with Gasteiger partial charge in [0.2, 0.25) is 0 Å². The summed E-state index contributed by atoms with van der Waals surface area (Å²) in [5.41, 5.74) is 13.4. The molecule has 31 heavy (non-hydrogen) atoms. The number of benzene rings is 1. The molecule has 0 spiro atoms. The maximum Gasteiger partial charge on any atom is 0.335 e. The molecule has 1 fully saturated rings. The van der Waals surface area contributed by atoms with Gasteiger partial charge in [0.25, 0.3) is 0 Å². The number of nitrogens with zero attached hydrogens (tertiary/aromatic N) is 2. The normalized spacial score (nSPS) is 21.0. The molecule has 7 heteroatoms. The van der Waals surface area contributed by atoms with E-state index in [0.717, 1.165) is 59.6 Å². The fourth-order valence-corrected chi connectivity index (χ4v) is 6.16. The zero-order valence-corrected chi connectivity index (χ0v) is 19.0. The highest BCUT2D eigenvalue weighted by Crippen LogP contribution is 2.46. The second kappa shape index (κ2) is 7.93. The van der Waals surface area contributed by atoms with Crippen molar-refractivity contribution in [2.75, 3.05) is 41.0 Å². The van der Waals surface area contributed by atoms with E-state index in [9.17, 15) is 9.59 Å². The Morgan fingerprint density at radius 1 is 1.29 bits per heavy atom. The lowest BCUT2D eigenvalue weighted by atomic mass is 9.93. The van der Waals surface area contributed by atoms with Gasteiger partial charge in [0.1, 0.15) is 0 Å². The number of Topliss-reactive ketones (excluding diaryl/α,β-unsaturated/α-hetero) is 1. The van der Waals surface area contributed by atoms with Crippen molar-refractivity contribution < 1.29 is 14.3 Å². The molecular formula is C24H29N3O3S. The molecule has 1 aliphatic carbocycles. The number of ketones is 1. The number of hydrogen-bond acceptors (Lipinski definition) is 7. The van der Waals surface area contributed by atoms with E-state index in [0.29, 0.717) is 37.6 Å². The number of rotatable bonds is 4. The van der Waals surface area contributed by atoms with Gasteiger partial charge in [-0.1, -0.05) is 0 Å². The van der Waals surface area contributed by atoms with Gasteiger partial charge in [-0.25, -0.2) is 4.79 Å². The van der Waals surface area contributed by atoms with Crippen LogP contribution < -0.4 is 15.5 Å². The number of carbonyl (C=O) groups is 2. The van der Waals surface area contributed by atoms with Crippen LogP contribution in [0.2, 0.25) is 0 Å². The van der Waals surface area contributed by atoms with E-state index in [1.807, 2.05) is 31.0 Å². The van der Waals surface area contributed by atoms with Crippen LogP contribution in [0.4, 0.5) is 17.1 Å². The Hall–Kier alpha value is -2.41. The van der Waals surface area contributed by atoms with Gasteiger partial charge in [-0.2, -0.15) is 0 Å². The van der Waals surface area contributed by atoms with Crippen molar-refractivity contribution >= 4 is 40.6 Å². The molecule has 0 saturated heterocycles. The molecule has 164 valence electrons. The summed E-state index contributed by atoms with van der Waals surface area (Å²) < 4.78 is 5.27. The Morgan fingerprint density at radius 2 is 2.10 bits per heavy atom. The molecule has 2 N–H and O–H groups in total. The third-order valence-electron chi connectivity index (χ3n) is 6.58. The Bertz CT molecular complexity index is 1030. The van der Waals surface area contributed by atoms with Crippen molar-refractivity contribution in [1.29, 1.82) is 0 Å². The topological polar surface area (TPSA) is 75.9 Å². The molecule has 6 nitrogen and oxygen atoms in total. The molecule has 0 bridgehead atoms. The van der Waals surface area contributed by atoms with Gasteiger partial charge in [-0.15, -0.1) is 11.8 Å². The number of esters is 1. The summed E-state index contributed by atoms with van der Waals surface area (Å²) in [4.78, 5) is 30.8. The molecule has 1 saturated carbocycles. The quantitative estimate of drug-likeness (QED) is 0.566. The lowest BCUT2D eigenvalue weighted by Crippen LogP contribution is -2.37. The minimum atomic E-state index is -0.247. The molecule has 0 unspecified atom stereocenters. The Morgan fingerprint density at radius 3 is 2.84 bits per heavy atom. The third-order valence-corrected chi connectivity index (χ3v) is 7.79. The van der Waals surface area contributed by atoms with Crippen LogP contribution in [0.25, 0.3) is 0 Å². The van der Waals surface area contributed by atoms with E-state index in [2.05, 4.69) is 16.7 Å². The lowest BCUT2D eigenvalue weighted by molar-refractivity contribution is -0.138.